The number of halogens is 1. The van der Waals surface area contributed by atoms with E-state index in [4.69, 9.17) is 0 Å². The molecule has 1 N–H and O–H groups in total. The monoisotopic (exact) mass is 340 g/mol. The van der Waals surface area contributed by atoms with Gasteiger partial charge in [0.2, 0.25) is 0 Å². The molecule has 23 heavy (non-hydrogen) atoms. The number of hydrogen-bond donors (Lipinski definition) is 1. The molecule has 0 radical (unpaired) electrons. The predicted octanol–water partition coefficient (Wildman–Crippen LogP) is 2.06. The zero-order chi connectivity index (χ0) is 15.5. The van der Waals surface area contributed by atoms with E-state index in [-0.39, 0.29) is 29.1 Å². The molecular formula is C16H25ClN4O2. The zero-order valence-corrected chi connectivity index (χ0v) is 14.3. The van der Waals surface area contributed by atoms with Crippen molar-refractivity contribution in [3.8, 4) is 0 Å². The molecule has 0 bridgehead atoms. The van der Waals surface area contributed by atoms with Crippen LogP contribution in [0.25, 0.3) is 0 Å². The van der Waals surface area contributed by atoms with E-state index in [1.165, 1.54) is 6.42 Å². The summed E-state index contributed by atoms with van der Waals surface area (Å²) < 4.78 is 0. The highest BCUT2D eigenvalue weighted by molar-refractivity contribution is 5.85. The van der Waals surface area contributed by atoms with Crippen molar-refractivity contribution in [1.82, 2.24) is 15.1 Å². The first-order chi connectivity index (χ1) is 10.7. The molecule has 6 nitrogen and oxygen atoms in total. The fourth-order valence-electron chi connectivity index (χ4n) is 3.64. The number of para-hydroxylation sites is 1. The van der Waals surface area contributed by atoms with Crippen molar-refractivity contribution in [3.63, 3.8) is 0 Å². The van der Waals surface area contributed by atoms with Gasteiger partial charge in [-0.2, -0.15) is 0 Å². The highest BCUT2D eigenvalue weighted by atomic mass is 35.5. The van der Waals surface area contributed by atoms with E-state index in [0.717, 1.165) is 44.8 Å². The molecular weight excluding hydrogens is 316 g/mol. The highest BCUT2D eigenvalue weighted by Crippen LogP contribution is 2.29. The molecule has 2 unspecified atom stereocenters. The van der Waals surface area contributed by atoms with Gasteiger partial charge in [-0.05, 0) is 19.9 Å². The Hall–Kier alpha value is -1.21. The number of nitrogens with one attached hydrogen (secondary N) is 1. The van der Waals surface area contributed by atoms with Crippen LogP contribution in [0.1, 0.15) is 24.9 Å². The fraction of sp³-hybridized carbons (Fsp3) is 0.625. The number of hydrogen-bond acceptors (Lipinski definition) is 5. The third-order valence-electron chi connectivity index (χ3n) is 5.03. The van der Waals surface area contributed by atoms with Gasteiger partial charge in [-0.25, -0.2) is 0 Å². The fourth-order valence-corrected chi connectivity index (χ4v) is 3.64. The largest absolute Gasteiger partial charge is 0.315 e. The van der Waals surface area contributed by atoms with Gasteiger partial charge in [-0.15, -0.1) is 12.4 Å². The van der Waals surface area contributed by atoms with Gasteiger partial charge in [0.1, 0.15) is 0 Å². The minimum Gasteiger partial charge on any atom is -0.315 e. The average Bonchev–Trinajstić information content (AvgIpc) is 3.09. The van der Waals surface area contributed by atoms with Crippen LogP contribution >= 0.6 is 12.4 Å². The van der Waals surface area contributed by atoms with Gasteiger partial charge in [0, 0.05) is 56.4 Å². The second kappa shape index (κ2) is 8.06. The lowest BCUT2D eigenvalue weighted by Gasteiger charge is -2.40. The lowest BCUT2D eigenvalue weighted by Crippen LogP contribution is -2.51. The van der Waals surface area contributed by atoms with Gasteiger partial charge in [0.15, 0.2) is 0 Å². The van der Waals surface area contributed by atoms with Crippen LogP contribution in [-0.2, 0) is 0 Å². The van der Waals surface area contributed by atoms with Gasteiger partial charge in [-0.1, -0.05) is 18.2 Å². The van der Waals surface area contributed by atoms with Crippen LogP contribution in [0.3, 0.4) is 0 Å². The van der Waals surface area contributed by atoms with Crippen LogP contribution in [0, 0.1) is 10.1 Å². The summed E-state index contributed by atoms with van der Waals surface area (Å²) in [5, 5.41) is 14.6. The third-order valence-corrected chi connectivity index (χ3v) is 5.03. The Morgan fingerprint density at radius 2 is 1.96 bits per heavy atom. The lowest BCUT2D eigenvalue weighted by atomic mass is 10.0. The Morgan fingerprint density at radius 3 is 2.57 bits per heavy atom. The zero-order valence-electron chi connectivity index (χ0n) is 13.5. The highest BCUT2D eigenvalue weighted by Gasteiger charge is 2.29. The van der Waals surface area contributed by atoms with E-state index < -0.39 is 0 Å². The molecule has 7 heteroatoms. The first-order valence-electron chi connectivity index (χ1n) is 8.09. The number of nitrogens with zero attached hydrogens (tertiary/aromatic N) is 3. The van der Waals surface area contributed by atoms with Crippen LogP contribution in [0.15, 0.2) is 24.3 Å². The van der Waals surface area contributed by atoms with Crippen molar-refractivity contribution in [1.29, 1.82) is 0 Å². The Labute approximate surface area is 143 Å². The summed E-state index contributed by atoms with van der Waals surface area (Å²) in [7, 11) is 0. The van der Waals surface area contributed by atoms with E-state index in [9.17, 15) is 10.1 Å². The molecule has 1 aromatic rings. The summed E-state index contributed by atoms with van der Waals surface area (Å²) in [6.45, 7) is 8.36. The SMILES string of the molecule is CC(c1ccccc1[N+](=O)[O-])N1CCN(C2CCNC2)CC1.Cl. The van der Waals surface area contributed by atoms with Gasteiger partial charge in [-0.3, -0.25) is 19.9 Å². The molecule has 0 saturated carbocycles. The van der Waals surface area contributed by atoms with Crippen molar-refractivity contribution in [2.45, 2.75) is 25.4 Å². The topological polar surface area (TPSA) is 61.7 Å². The van der Waals surface area contributed by atoms with Crippen molar-refractivity contribution < 1.29 is 4.92 Å². The van der Waals surface area contributed by atoms with E-state index >= 15 is 0 Å². The van der Waals surface area contributed by atoms with E-state index in [1.807, 2.05) is 12.1 Å². The molecule has 0 aromatic heterocycles. The quantitative estimate of drug-likeness (QED) is 0.671. The third kappa shape index (κ3) is 4.01. The first-order valence-corrected chi connectivity index (χ1v) is 8.09. The number of benzene rings is 1. The summed E-state index contributed by atoms with van der Waals surface area (Å²) in [4.78, 5) is 15.9. The van der Waals surface area contributed by atoms with E-state index in [2.05, 4.69) is 22.0 Å². The Bertz CT molecular complexity index is 529. The number of nitro benzene ring substituents is 1. The smallest absolute Gasteiger partial charge is 0.274 e. The van der Waals surface area contributed by atoms with Crippen molar-refractivity contribution in [3.05, 3.63) is 39.9 Å². The maximum Gasteiger partial charge on any atom is 0.274 e. The summed E-state index contributed by atoms with van der Waals surface area (Å²) in [6, 6.07) is 7.87. The molecule has 2 atom stereocenters. The number of nitro groups is 1. The molecule has 2 aliphatic heterocycles. The van der Waals surface area contributed by atoms with E-state index in [0.29, 0.717) is 6.04 Å². The van der Waals surface area contributed by atoms with Gasteiger partial charge in [0.05, 0.1) is 4.92 Å². The molecule has 128 valence electrons. The van der Waals surface area contributed by atoms with Gasteiger partial charge >= 0.3 is 0 Å². The standard InChI is InChI=1S/C16H24N4O2.ClH/c1-13(15-4-2-3-5-16(15)20(21)22)18-8-10-19(11-9-18)14-6-7-17-12-14;/h2-5,13-14,17H,6-12H2,1H3;1H. The van der Waals surface area contributed by atoms with Crippen molar-refractivity contribution >= 4 is 18.1 Å². The first kappa shape index (κ1) is 18.1. The van der Waals surface area contributed by atoms with Crippen LogP contribution in [0.2, 0.25) is 0 Å². The summed E-state index contributed by atoms with van der Waals surface area (Å²) in [6.07, 6.45) is 1.24. The number of piperazine rings is 1. The summed E-state index contributed by atoms with van der Waals surface area (Å²) in [5.74, 6) is 0. The maximum absolute atomic E-state index is 11.2. The lowest BCUT2D eigenvalue weighted by molar-refractivity contribution is -0.386. The molecule has 0 spiro atoms. The molecule has 3 rings (SSSR count). The second-order valence-corrected chi connectivity index (χ2v) is 6.21. The minimum atomic E-state index is -0.272. The van der Waals surface area contributed by atoms with Crippen LogP contribution in [0.5, 0.6) is 0 Å². The molecule has 0 aliphatic carbocycles. The van der Waals surface area contributed by atoms with Crippen molar-refractivity contribution in [2.24, 2.45) is 0 Å². The molecule has 2 fully saturated rings. The average molecular weight is 341 g/mol. The van der Waals surface area contributed by atoms with Crippen LogP contribution < -0.4 is 5.32 Å². The van der Waals surface area contributed by atoms with E-state index in [1.54, 1.807) is 12.1 Å². The Balaban J connectivity index is 0.00000192. The molecule has 0 amide bonds. The van der Waals surface area contributed by atoms with Gasteiger partial charge in [0.25, 0.3) is 5.69 Å². The summed E-state index contributed by atoms with van der Waals surface area (Å²) >= 11 is 0. The Kier molecular flexibility index (Phi) is 6.35. The molecule has 2 aliphatic rings. The van der Waals surface area contributed by atoms with Crippen LogP contribution in [0.4, 0.5) is 5.69 Å². The van der Waals surface area contributed by atoms with Crippen molar-refractivity contribution in [2.75, 3.05) is 39.3 Å². The minimum absolute atomic E-state index is 0. The predicted molar refractivity (Wildman–Crippen MR) is 93.2 cm³/mol. The maximum atomic E-state index is 11.2. The molecule has 2 heterocycles. The summed E-state index contributed by atoms with van der Waals surface area (Å²) in [5.41, 5.74) is 1.06. The normalized spacial score (nSPS) is 24.1. The molecule has 1 aromatic carbocycles. The van der Waals surface area contributed by atoms with Gasteiger partial charge < -0.3 is 5.32 Å². The second-order valence-electron chi connectivity index (χ2n) is 6.21. The number of rotatable bonds is 4. The van der Waals surface area contributed by atoms with Crippen LogP contribution in [-0.4, -0.2) is 60.0 Å². The Morgan fingerprint density at radius 1 is 1.26 bits per heavy atom. The molecule has 2 saturated heterocycles.